The van der Waals surface area contributed by atoms with Crippen LogP contribution in [-0.4, -0.2) is 25.1 Å². The van der Waals surface area contributed by atoms with Gasteiger partial charge in [0.2, 0.25) is 5.91 Å². The first-order chi connectivity index (χ1) is 15.0. The van der Waals surface area contributed by atoms with Crippen LogP contribution in [0.5, 0.6) is 5.75 Å². The molecule has 1 aliphatic rings. The first-order valence-corrected chi connectivity index (χ1v) is 11.9. The lowest BCUT2D eigenvalue weighted by atomic mass is 9.99. The Labute approximate surface area is 188 Å². The van der Waals surface area contributed by atoms with Crippen molar-refractivity contribution < 1.29 is 9.53 Å². The number of benzene rings is 2. The summed E-state index contributed by atoms with van der Waals surface area (Å²) in [7, 11) is 0. The first kappa shape index (κ1) is 23.3. The molecule has 3 rings (SSSR count). The molecular formula is C27H38N2O2. The van der Waals surface area contributed by atoms with E-state index in [9.17, 15) is 4.79 Å². The van der Waals surface area contributed by atoms with Crippen molar-refractivity contribution in [3.63, 3.8) is 0 Å². The molecule has 0 atom stereocenters. The quantitative estimate of drug-likeness (QED) is 0.639. The van der Waals surface area contributed by atoms with Crippen molar-refractivity contribution in [2.45, 2.75) is 72.4 Å². The highest BCUT2D eigenvalue weighted by molar-refractivity contribution is 5.95. The molecule has 168 valence electrons. The summed E-state index contributed by atoms with van der Waals surface area (Å²) in [6.07, 6.45) is 6.08. The van der Waals surface area contributed by atoms with Gasteiger partial charge in [-0.2, -0.15) is 0 Å². The highest BCUT2D eigenvalue weighted by atomic mass is 16.5. The minimum absolute atomic E-state index is 0.0155. The number of fused-ring (bicyclic) bond motifs is 1. The Morgan fingerprint density at radius 2 is 1.68 bits per heavy atom. The number of hydrogen-bond donors (Lipinski definition) is 1. The normalized spacial score (nSPS) is 15.9. The Balaban J connectivity index is 1.97. The minimum Gasteiger partial charge on any atom is -0.491 e. The SMILES string of the molecule is CC(C)Oc1cccc(-c2ccc3c(c2)CNCCCCCCCN3C(=O)C(C)C)c1. The van der Waals surface area contributed by atoms with E-state index in [1.807, 2.05) is 44.7 Å². The fourth-order valence-electron chi connectivity index (χ4n) is 4.13. The predicted molar refractivity (Wildman–Crippen MR) is 130 cm³/mol. The smallest absolute Gasteiger partial charge is 0.229 e. The largest absolute Gasteiger partial charge is 0.491 e. The van der Waals surface area contributed by atoms with Crippen LogP contribution in [0.3, 0.4) is 0 Å². The molecule has 0 unspecified atom stereocenters. The zero-order valence-corrected chi connectivity index (χ0v) is 19.6. The van der Waals surface area contributed by atoms with E-state index in [4.69, 9.17) is 4.74 Å². The number of nitrogens with one attached hydrogen (secondary N) is 1. The summed E-state index contributed by atoms with van der Waals surface area (Å²) in [4.78, 5) is 15.1. The average molecular weight is 423 g/mol. The maximum atomic E-state index is 13.1. The van der Waals surface area contributed by atoms with Crippen LogP contribution in [0, 0.1) is 5.92 Å². The standard InChI is InChI=1S/C27H38N2O2/c1-20(2)27(30)29-16-9-7-5-6-8-15-28-19-24-17-23(13-14-26(24)29)22-11-10-12-25(18-22)31-21(3)4/h10-14,17-18,20-21,28H,5-9,15-16,19H2,1-4H3. The molecule has 0 radical (unpaired) electrons. The lowest BCUT2D eigenvalue weighted by molar-refractivity contribution is -0.121. The van der Waals surface area contributed by atoms with E-state index < -0.39 is 0 Å². The van der Waals surface area contributed by atoms with E-state index >= 15 is 0 Å². The van der Waals surface area contributed by atoms with E-state index in [2.05, 4.69) is 35.6 Å². The second kappa shape index (κ2) is 11.3. The number of hydrogen-bond acceptors (Lipinski definition) is 3. The molecular weight excluding hydrogens is 384 g/mol. The van der Waals surface area contributed by atoms with Crippen molar-refractivity contribution >= 4 is 11.6 Å². The van der Waals surface area contributed by atoms with Crippen LogP contribution in [0.4, 0.5) is 5.69 Å². The van der Waals surface area contributed by atoms with Gasteiger partial charge in [0.05, 0.1) is 6.10 Å². The van der Waals surface area contributed by atoms with E-state index in [0.29, 0.717) is 0 Å². The third kappa shape index (κ3) is 6.57. The number of nitrogens with zero attached hydrogens (tertiary/aromatic N) is 1. The molecule has 0 saturated heterocycles. The number of carbonyl (C=O) groups excluding carboxylic acids is 1. The molecule has 1 N–H and O–H groups in total. The van der Waals surface area contributed by atoms with Crippen molar-refractivity contribution in [3.05, 3.63) is 48.0 Å². The van der Waals surface area contributed by atoms with Crippen molar-refractivity contribution in [3.8, 4) is 16.9 Å². The van der Waals surface area contributed by atoms with Gasteiger partial charge < -0.3 is 15.0 Å². The molecule has 0 spiro atoms. The molecule has 0 aliphatic carbocycles. The molecule has 4 nitrogen and oxygen atoms in total. The van der Waals surface area contributed by atoms with E-state index in [-0.39, 0.29) is 17.9 Å². The Kier molecular flexibility index (Phi) is 8.53. The zero-order chi connectivity index (χ0) is 22.2. The van der Waals surface area contributed by atoms with E-state index in [1.165, 1.54) is 31.2 Å². The molecule has 0 aromatic heterocycles. The summed E-state index contributed by atoms with van der Waals surface area (Å²) in [6.45, 7) is 10.6. The number of ether oxygens (including phenoxy) is 1. The van der Waals surface area contributed by atoms with Crippen LogP contribution in [-0.2, 0) is 11.3 Å². The second-order valence-corrected chi connectivity index (χ2v) is 9.13. The molecule has 2 aromatic rings. The van der Waals surface area contributed by atoms with Gasteiger partial charge in [-0.15, -0.1) is 0 Å². The third-order valence-electron chi connectivity index (χ3n) is 5.72. The third-order valence-corrected chi connectivity index (χ3v) is 5.72. The van der Waals surface area contributed by atoms with E-state index in [1.54, 1.807) is 0 Å². The predicted octanol–water partition coefficient (Wildman–Crippen LogP) is 6.18. The highest BCUT2D eigenvalue weighted by Crippen LogP contribution is 2.31. The van der Waals surface area contributed by atoms with Gasteiger partial charge in [-0.05, 0) is 74.2 Å². The molecule has 4 heteroatoms. The minimum atomic E-state index is -0.0155. The van der Waals surface area contributed by atoms with Crippen molar-refractivity contribution in [1.29, 1.82) is 0 Å². The molecule has 2 aromatic carbocycles. The monoisotopic (exact) mass is 422 g/mol. The summed E-state index contributed by atoms with van der Waals surface area (Å²) in [6, 6.07) is 14.8. The number of carbonyl (C=O) groups is 1. The summed E-state index contributed by atoms with van der Waals surface area (Å²) < 4.78 is 5.89. The number of rotatable bonds is 4. The Bertz CT molecular complexity index is 860. The molecule has 0 bridgehead atoms. The summed E-state index contributed by atoms with van der Waals surface area (Å²) >= 11 is 0. The number of anilines is 1. The van der Waals surface area contributed by atoms with Crippen LogP contribution in [0.15, 0.2) is 42.5 Å². The fourth-order valence-corrected chi connectivity index (χ4v) is 4.13. The maximum absolute atomic E-state index is 13.1. The zero-order valence-electron chi connectivity index (χ0n) is 19.6. The van der Waals surface area contributed by atoms with Crippen molar-refractivity contribution in [2.24, 2.45) is 5.92 Å². The summed E-state index contributed by atoms with van der Waals surface area (Å²) in [5.41, 5.74) is 4.51. The van der Waals surface area contributed by atoms with Gasteiger partial charge in [-0.3, -0.25) is 4.79 Å². The topological polar surface area (TPSA) is 41.6 Å². The lowest BCUT2D eigenvalue weighted by Crippen LogP contribution is -2.36. The Morgan fingerprint density at radius 3 is 2.45 bits per heavy atom. The Morgan fingerprint density at radius 1 is 0.935 bits per heavy atom. The Hall–Kier alpha value is -2.33. The van der Waals surface area contributed by atoms with Gasteiger partial charge in [0, 0.05) is 24.7 Å². The number of amides is 1. The van der Waals surface area contributed by atoms with Gasteiger partial charge in [-0.1, -0.05) is 51.3 Å². The van der Waals surface area contributed by atoms with Crippen LogP contribution < -0.4 is 15.0 Å². The average Bonchev–Trinajstić information content (AvgIpc) is 2.73. The molecule has 31 heavy (non-hydrogen) atoms. The van der Waals surface area contributed by atoms with Crippen LogP contribution in [0.2, 0.25) is 0 Å². The first-order valence-electron chi connectivity index (χ1n) is 11.9. The molecule has 0 saturated carbocycles. The van der Waals surface area contributed by atoms with Gasteiger partial charge >= 0.3 is 0 Å². The van der Waals surface area contributed by atoms with E-state index in [0.717, 1.165) is 48.6 Å². The molecule has 0 fully saturated rings. The van der Waals surface area contributed by atoms with Crippen molar-refractivity contribution in [1.82, 2.24) is 5.32 Å². The van der Waals surface area contributed by atoms with Gasteiger partial charge in [-0.25, -0.2) is 0 Å². The fraction of sp³-hybridized carbons (Fsp3) is 0.519. The lowest BCUT2D eigenvalue weighted by Gasteiger charge is -2.28. The molecule has 1 amide bonds. The molecule has 1 heterocycles. The van der Waals surface area contributed by atoms with Crippen LogP contribution in [0.1, 0.15) is 65.4 Å². The summed E-state index contributed by atoms with van der Waals surface area (Å²) in [5.74, 6) is 1.08. The van der Waals surface area contributed by atoms with Gasteiger partial charge in [0.1, 0.15) is 5.75 Å². The van der Waals surface area contributed by atoms with Crippen LogP contribution >= 0.6 is 0 Å². The molecule has 1 aliphatic heterocycles. The van der Waals surface area contributed by atoms with Crippen molar-refractivity contribution in [2.75, 3.05) is 18.0 Å². The van der Waals surface area contributed by atoms with Gasteiger partial charge in [0.15, 0.2) is 0 Å². The van der Waals surface area contributed by atoms with Gasteiger partial charge in [0.25, 0.3) is 0 Å². The maximum Gasteiger partial charge on any atom is 0.229 e. The highest BCUT2D eigenvalue weighted by Gasteiger charge is 2.21. The van der Waals surface area contributed by atoms with Crippen LogP contribution in [0.25, 0.3) is 11.1 Å². The second-order valence-electron chi connectivity index (χ2n) is 9.13. The summed E-state index contributed by atoms with van der Waals surface area (Å²) in [5, 5.41) is 3.60.